The molecule has 0 spiro atoms. The highest BCUT2D eigenvalue weighted by Crippen LogP contribution is 1.96. The maximum Gasteiger partial charge on any atom is 0.220 e. The molecule has 1 rings (SSSR count). The number of carbonyl (C=O) groups is 1. The molecule has 1 aromatic rings. The number of hydrogen-bond acceptors (Lipinski definition) is 2. The number of amides is 1. The Morgan fingerprint density at radius 1 is 1.33 bits per heavy atom. The van der Waals surface area contributed by atoms with E-state index in [1.807, 2.05) is 44.2 Å². The molecule has 0 aromatic heterocycles. The van der Waals surface area contributed by atoms with Crippen LogP contribution in [0.3, 0.4) is 0 Å². The van der Waals surface area contributed by atoms with Gasteiger partial charge in [-0.05, 0) is 12.0 Å². The summed E-state index contributed by atoms with van der Waals surface area (Å²) in [6, 6.07) is 9.99. The van der Waals surface area contributed by atoms with E-state index in [-0.39, 0.29) is 11.8 Å². The van der Waals surface area contributed by atoms with Gasteiger partial charge in [-0.3, -0.25) is 4.79 Å². The van der Waals surface area contributed by atoms with E-state index >= 15 is 0 Å². The third-order valence-electron chi connectivity index (χ3n) is 2.18. The largest absolute Gasteiger partial charge is 0.369 e. The Balaban J connectivity index is 0.000000265. The Morgan fingerprint density at radius 3 is 2.07 bits per heavy atom. The first kappa shape index (κ1) is 13.7. The van der Waals surface area contributed by atoms with Gasteiger partial charge in [0.1, 0.15) is 0 Å². The van der Waals surface area contributed by atoms with Crippen molar-refractivity contribution >= 4 is 5.91 Å². The summed E-state index contributed by atoms with van der Waals surface area (Å²) in [7, 11) is 0. The van der Waals surface area contributed by atoms with Crippen LogP contribution >= 0.6 is 0 Å². The van der Waals surface area contributed by atoms with Crippen molar-refractivity contribution < 1.29 is 4.79 Å². The predicted molar refractivity (Wildman–Crippen MR) is 63.0 cm³/mol. The molecule has 1 unspecified atom stereocenters. The highest BCUT2D eigenvalue weighted by molar-refractivity contribution is 5.76. The predicted octanol–water partition coefficient (Wildman–Crippen LogP) is 1.66. The van der Waals surface area contributed by atoms with Gasteiger partial charge >= 0.3 is 0 Å². The first-order chi connectivity index (χ1) is 7.11. The molecule has 1 atom stereocenters. The third-order valence-corrected chi connectivity index (χ3v) is 2.18. The van der Waals surface area contributed by atoms with Crippen LogP contribution in [-0.4, -0.2) is 5.91 Å². The van der Waals surface area contributed by atoms with Crippen LogP contribution in [0, 0.1) is 5.92 Å². The first-order valence-electron chi connectivity index (χ1n) is 5.15. The topological polar surface area (TPSA) is 69.1 Å². The number of benzene rings is 1. The fourth-order valence-electron chi connectivity index (χ4n) is 0.815. The number of primary amides is 1. The zero-order chi connectivity index (χ0) is 11.7. The van der Waals surface area contributed by atoms with E-state index in [0.717, 1.165) is 6.42 Å². The van der Waals surface area contributed by atoms with Crippen LogP contribution in [0.4, 0.5) is 0 Å². The first-order valence-corrected chi connectivity index (χ1v) is 5.15. The standard InChI is InChI=1S/C7H9N.C5H11NO/c8-6-7-4-2-1-3-5-7;1-3-4(2)5(6)7/h1-5H,6,8H2;4H,3H2,1-2H3,(H2,6,7). The molecule has 3 heteroatoms. The van der Waals surface area contributed by atoms with Crippen molar-refractivity contribution in [1.29, 1.82) is 0 Å². The van der Waals surface area contributed by atoms with Crippen molar-refractivity contribution in [1.82, 2.24) is 0 Å². The summed E-state index contributed by atoms with van der Waals surface area (Å²) in [5.74, 6) is -0.164. The Hall–Kier alpha value is -1.35. The summed E-state index contributed by atoms with van der Waals surface area (Å²) in [5, 5.41) is 0. The van der Waals surface area contributed by atoms with Crippen molar-refractivity contribution in [2.75, 3.05) is 0 Å². The van der Waals surface area contributed by atoms with Gasteiger partial charge in [-0.1, -0.05) is 44.2 Å². The van der Waals surface area contributed by atoms with Gasteiger partial charge in [0.15, 0.2) is 0 Å². The Morgan fingerprint density at radius 2 is 1.87 bits per heavy atom. The van der Waals surface area contributed by atoms with Gasteiger partial charge in [-0.25, -0.2) is 0 Å². The van der Waals surface area contributed by atoms with Crippen LogP contribution in [0.15, 0.2) is 30.3 Å². The van der Waals surface area contributed by atoms with Gasteiger partial charge in [0.2, 0.25) is 5.91 Å². The second-order valence-corrected chi connectivity index (χ2v) is 3.40. The van der Waals surface area contributed by atoms with E-state index in [1.54, 1.807) is 0 Å². The highest BCUT2D eigenvalue weighted by atomic mass is 16.1. The lowest BCUT2D eigenvalue weighted by Crippen LogP contribution is -2.19. The molecular weight excluding hydrogens is 188 g/mol. The lowest BCUT2D eigenvalue weighted by molar-refractivity contribution is -0.121. The maximum absolute atomic E-state index is 10.2. The van der Waals surface area contributed by atoms with E-state index in [4.69, 9.17) is 11.5 Å². The normalized spacial score (nSPS) is 11.1. The van der Waals surface area contributed by atoms with Crippen molar-refractivity contribution in [3.05, 3.63) is 35.9 Å². The SMILES string of the molecule is CCC(C)C(N)=O.NCc1ccccc1. The zero-order valence-corrected chi connectivity index (χ0v) is 9.44. The molecule has 4 N–H and O–H groups in total. The molecule has 0 heterocycles. The molecule has 0 saturated heterocycles. The molecule has 0 aliphatic carbocycles. The van der Waals surface area contributed by atoms with Crippen LogP contribution in [-0.2, 0) is 11.3 Å². The molecule has 1 aromatic carbocycles. The second kappa shape index (κ2) is 8.00. The lowest BCUT2D eigenvalue weighted by atomic mass is 10.1. The number of carbonyl (C=O) groups excluding carboxylic acids is 1. The number of hydrogen-bond donors (Lipinski definition) is 2. The minimum absolute atomic E-state index is 0.0417. The molecular formula is C12H20N2O. The summed E-state index contributed by atoms with van der Waals surface area (Å²) < 4.78 is 0. The molecule has 0 radical (unpaired) electrons. The molecule has 1 amide bonds. The maximum atomic E-state index is 10.2. The van der Waals surface area contributed by atoms with E-state index in [1.165, 1.54) is 5.56 Å². The van der Waals surface area contributed by atoms with Crippen molar-refractivity contribution in [3.63, 3.8) is 0 Å². The van der Waals surface area contributed by atoms with Crippen molar-refractivity contribution in [2.45, 2.75) is 26.8 Å². The third kappa shape index (κ3) is 6.69. The fourth-order valence-corrected chi connectivity index (χ4v) is 0.815. The molecule has 84 valence electrons. The Kier molecular flexibility index (Phi) is 7.28. The summed E-state index contributed by atoms with van der Waals surface area (Å²) in [6.45, 7) is 4.40. The monoisotopic (exact) mass is 208 g/mol. The van der Waals surface area contributed by atoms with Crippen LogP contribution in [0.5, 0.6) is 0 Å². The fraction of sp³-hybridized carbons (Fsp3) is 0.417. The number of nitrogens with two attached hydrogens (primary N) is 2. The van der Waals surface area contributed by atoms with Crippen molar-refractivity contribution in [2.24, 2.45) is 17.4 Å². The lowest BCUT2D eigenvalue weighted by Gasteiger charge is -1.98. The summed E-state index contributed by atoms with van der Waals surface area (Å²) in [4.78, 5) is 10.2. The van der Waals surface area contributed by atoms with Crippen LogP contribution < -0.4 is 11.5 Å². The number of rotatable bonds is 3. The molecule has 0 aliphatic heterocycles. The highest BCUT2D eigenvalue weighted by Gasteiger charge is 2.02. The van der Waals surface area contributed by atoms with E-state index in [9.17, 15) is 4.79 Å². The van der Waals surface area contributed by atoms with Crippen LogP contribution in [0.25, 0.3) is 0 Å². The Bertz CT molecular complexity index is 272. The van der Waals surface area contributed by atoms with Gasteiger partial charge in [0, 0.05) is 12.5 Å². The minimum atomic E-state index is -0.206. The Labute approximate surface area is 91.5 Å². The second-order valence-electron chi connectivity index (χ2n) is 3.40. The van der Waals surface area contributed by atoms with E-state index in [2.05, 4.69) is 0 Å². The molecule has 0 bridgehead atoms. The van der Waals surface area contributed by atoms with Gasteiger partial charge in [-0.15, -0.1) is 0 Å². The molecule has 0 fully saturated rings. The van der Waals surface area contributed by atoms with Crippen LogP contribution in [0.2, 0.25) is 0 Å². The van der Waals surface area contributed by atoms with Gasteiger partial charge in [0.05, 0.1) is 0 Å². The summed E-state index contributed by atoms with van der Waals surface area (Å²) >= 11 is 0. The molecule has 3 nitrogen and oxygen atoms in total. The zero-order valence-electron chi connectivity index (χ0n) is 9.44. The quantitative estimate of drug-likeness (QED) is 0.793. The summed E-state index contributed by atoms with van der Waals surface area (Å²) in [6.07, 6.45) is 0.843. The van der Waals surface area contributed by atoms with E-state index in [0.29, 0.717) is 6.54 Å². The average molecular weight is 208 g/mol. The van der Waals surface area contributed by atoms with Crippen LogP contribution in [0.1, 0.15) is 25.8 Å². The van der Waals surface area contributed by atoms with Gasteiger partial charge < -0.3 is 11.5 Å². The molecule has 0 aliphatic rings. The molecule has 15 heavy (non-hydrogen) atoms. The average Bonchev–Trinajstić information content (AvgIpc) is 2.29. The van der Waals surface area contributed by atoms with E-state index < -0.39 is 0 Å². The minimum Gasteiger partial charge on any atom is -0.369 e. The van der Waals surface area contributed by atoms with Gasteiger partial charge in [0.25, 0.3) is 0 Å². The van der Waals surface area contributed by atoms with Gasteiger partial charge in [-0.2, -0.15) is 0 Å². The summed E-state index contributed by atoms with van der Waals surface area (Å²) in [5.41, 5.74) is 11.4. The smallest absolute Gasteiger partial charge is 0.220 e. The van der Waals surface area contributed by atoms with Crippen molar-refractivity contribution in [3.8, 4) is 0 Å². The molecule has 0 saturated carbocycles.